The van der Waals surface area contributed by atoms with Crippen LogP contribution in [0, 0.1) is 5.92 Å². The van der Waals surface area contributed by atoms with Crippen molar-refractivity contribution in [2.24, 2.45) is 5.92 Å². The van der Waals surface area contributed by atoms with E-state index in [2.05, 4.69) is 0 Å². The Labute approximate surface area is 181 Å². The first-order chi connectivity index (χ1) is 14.8. The number of hydrogen-bond donors (Lipinski definition) is 5. The van der Waals surface area contributed by atoms with Crippen LogP contribution in [0.1, 0.15) is 23.3 Å². The summed E-state index contributed by atoms with van der Waals surface area (Å²) in [6, 6.07) is 9.07. The van der Waals surface area contributed by atoms with Gasteiger partial charge in [0.05, 0.1) is 47.8 Å². The lowest BCUT2D eigenvalue weighted by Gasteiger charge is -2.40. The molecule has 5 N–H and O–H groups in total. The predicted molar refractivity (Wildman–Crippen MR) is 112 cm³/mol. The number of benzene rings is 2. The van der Waals surface area contributed by atoms with Crippen molar-refractivity contribution in [3.8, 4) is 23.0 Å². The lowest BCUT2D eigenvalue weighted by Crippen LogP contribution is -2.51. The predicted octanol–water partition coefficient (Wildman–Crippen LogP) is 0.820. The maximum Gasteiger partial charge on any atom is 0.161 e. The van der Waals surface area contributed by atoms with Crippen LogP contribution >= 0.6 is 0 Å². The minimum absolute atomic E-state index is 0.201. The molecule has 2 aromatic carbocycles. The molecule has 2 aromatic rings. The quantitative estimate of drug-likeness (QED) is 0.345. The molecule has 0 unspecified atom stereocenters. The van der Waals surface area contributed by atoms with E-state index in [0.717, 1.165) is 0 Å². The fraction of sp³-hybridized carbons (Fsp3) is 0.455. The van der Waals surface area contributed by atoms with Gasteiger partial charge in [0, 0.05) is 5.92 Å². The monoisotopic (exact) mass is 438 g/mol. The van der Waals surface area contributed by atoms with E-state index in [0.29, 0.717) is 28.6 Å². The highest BCUT2D eigenvalue weighted by Gasteiger charge is 2.47. The Morgan fingerprint density at radius 1 is 0.742 bits per heavy atom. The average molecular weight is 438 g/mol. The number of aliphatic hydroxyl groups is 5. The van der Waals surface area contributed by atoms with Crippen molar-refractivity contribution in [3.63, 3.8) is 0 Å². The van der Waals surface area contributed by atoms with Gasteiger partial charge in [-0.15, -0.1) is 0 Å². The molecule has 9 heteroatoms. The largest absolute Gasteiger partial charge is 0.493 e. The summed E-state index contributed by atoms with van der Waals surface area (Å²) in [6.45, 7) is -1.66. The van der Waals surface area contributed by atoms with Gasteiger partial charge in [-0.2, -0.15) is 0 Å². The van der Waals surface area contributed by atoms with Crippen LogP contribution in [0.5, 0.6) is 23.0 Å². The third-order valence-electron chi connectivity index (χ3n) is 5.42. The molecule has 31 heavy (non-hydrogen) atoms. The fourth-order valence-electron chi connectivity index (χ4n) is 3.52. The number of methoxy groups -OCH3 is 4. The molecule has 0 aliphatic rings. The highest BCUT2D eigenvalue weighted by atomic mass is 16.5. The Morgan fingerprint density at radius 3 is 1.61 bits per heavy atom. The Kier molecular flexibility index (Phi) is 8.49. The molecule has 0 aromatic heterocycles. The van der Waals surface area contributed by atoms with E-state index in [4.69, 9.17) is 18.9 Å². The summed E-state index contributed by atoms with van der Waals surface area (Å²) in [4.78, 5) is 0. The molecule has 0 spiro atoms. The van der Waals surface area contributed by atoms with Crippen LogP contribution in [0.3, 0.4) is 0 Å². The molecule has 9 nitrogen and oxygen atoms in total. The van der Waals surface area contributed by atoms with E-state index >= 15 is 0 Å². The lowest BCUT2D eigenvalue weighted by molar-refractivity contribution is -0.178. The second kappa shape index (κ2) is 10.7. The fourth-order valence-corrected chi connectivity index (χ4v) is 3.52. The molecule has 2 rings (SSSR count). The standard InChI is InChI=1S/C22H30O9/c1-28-16-7-5-13(9-18(16)30-3)20(25)15(11-23)22(27,12-24)21(26)14-6-8-17(29-2)19(10-14)31-4/h5-10,15,20-21,23-27H,11-12H2,1-4H3/t15-,20+,21-,22-/m1/s1. The minimum atomic E-state index is -2.29. The Balaban J connectivity index is 2.44. The van der Waals surface area contributed by atoms with E-state index in [1.54, 1.807) is 6.07 Å². The zero-order valence-electron chi connectivity index (χ0n) is 18.0. The van der Waals surface area contributed by atoms with E-state index in [-0.39, 0.29) is 5.56 Å². The van der Waals surface area contributed by atoms with Crippen LogP contribution in [-0.2, 0) is 0 Å². The summed E-state index contributed by atoms with van der Waals surface area (Å²) in [5.74, 6) is 0.139. The number of aliphatic hydroxyl groups excluding tert-OH is 4. The van der Waals surface area contributed by atoms with Gasteiger partial charge < -0.3 is 44.5 Å². The van der Waals surface area contributed by atoms with E-state index in [1.165, 1.54) is 58.8 Å². The van der Waals surface area contributed by atoms with Crippen molar-refractivity contribution in [3.05, 3.63) is 47.5 Å². The van der Waals surface area contributed by atoms with Crippen LogP contribution in [-0.4, -0.2) is 72.8 Å². The molecular weight excluding hydrogens is 408 g/mol. The molecule has 0 aliphatic heterocycles. The topological polar surface area (TPSA) is 138 Å². The van der Waals surface area contributed by atoms with Crippen LogP contribution in [0.2, 0.25) is 0 Å². The van der Waals surface area contributed by atoms with E-state index in [9.17, 15) is 25.5 Å². The molecule has 0 saturated heterocycles. The van der Waals surface area contributed by atoms with Crippen molar-refractivity contribution < 1.29 is 44.5 Å². The molecule has 0 fully saturated rings. The summed E-state index contributed by atoms with van der Waals surface area (Å²) in [5, 5.41) is 53.0. The molecular formula is C22H30O9. The van der Waals surface area contributed by atoms with Gasteiger partial charge in [0.2, 0.25) is 0 Å². The molecule has 0 heterocycles. The number of rotatable bonds is 11. The molecule has 0 amide bonds. The Morgan fingerprint density at radius 2 is 1.19 bits per heavy atom. The normalized spacial score (nSPS) is 16.0. The first-order valence-corrected chi connectivity index (χ1v) is 9.55. The molecule has 4 atom stereocenters. The highest BCUT2D eigenvalue weighted by Crippen LogP contribution is 2.42. The van der Waals surface area contributed by atoms with Gasteiger partial charge in [0.15, 0.2) is 23.0 Å². The summed E-state index contributed by atoms with van der Waals surface area (Å²) >= 11 is 0. The van der Waals surface area contributed by atoms with Crippen LogP contribution in [0.15, 0.2) is 36.4 Å². The van der Waals surface area contributed by atoms with Gasteiger partial charge in [0.1, 0.15) is 11.7 Å². The van der Waals surface area contributed by atoms with Crippen molar-refractivity contribution in [2.45, 2.75) is 17.8 Å². The third kappa shape index (κ3) is 4.86. The minimum Gasteiger partial charge on any atom is -0.493 e. The maximum absolute atomic E-state index is 11.2. The first kappa shape index (κ1) is 24.7. The van der Waals surface area contributed by atoms with Crippen molar-refractivity contribution in [1.82, 2.24) is 0 Å². The second-order valence-electron chi connectivity index (χ2n) is 7.01. The van der Waals surface area contributed by atoms with Crippen molar-refractivity contribution >= 4 is 0 Å². The van der Waals surface area contributed by atoms with Crippen LogP contribution in [0.25, 0.3) is 0 Å². The first-order valence-electron chi connectivity index (χ1n) is 9.55. The Hall–Kier alpha value is -2.56. The van der Waals surface area contributed by atoms with E-state index < -0.39 is 36.9 Å². The van der Waals surface area contributed by atoms with Crippen molar-refractivity contribution in [1.29, 1.82) is 0 Å². The molecule has 0 bridgehead atoms. The summed E-state index contributed by atoms with van der Waals surface area (Å²) < 4.78 is 20.8. The van der Waals surface area contributed by atoms with Gasteiger partial charge >= 0.3 is 0 Å². The van der Waals surface area contributed by atoms with Gasteiger partial charge in [-0.25, -0.2) is 0 Å². The van der Waals surface area contributed by atoms with Gasteiger partial charge in [-0.3, -0.25) is 0 Å². The molecule has 172 valence electrons. The highest BCUT2D eigenvalue weighted by molar-refractivity contribution is 5.45. The molecule has 0 saturated carbocycles. The second-order valence-corrected chi connectivity index (χ2v) is 7.01. The van der Waals surface area contributed by atoms with Gasteiger partial charge in [-0.1, -0.05) is 12.1 Å². The smallest absolute Gasteiger partial charge is 0.161 e. The summed E-state index contributed by atoms with van der Waals surface area (Å²) in [6.07, 6.45) is -3.11. The third-order valence-corrected chi connectivity index (χ3v) is 5.42. The summed E-state index contributed by atoms with van der Waals surface area (Å²) in [5.41, 5.74) is -1.80. The zero-order chi connectivity index (χ0) is 23.2. The average Bonchev–Trinajstić information content (AvgIpc) is 2.82. The summed E-state index contributed by atoms with van der Waals surface area (Å²) in [7, 11) is 5.78. The van der Waals surface area contributed by atoms with Crippen LogP contribution in [0.4, 0.5) is 0 Å². The van der Waals surface area contributed by atoms with Crippen molar-refractivity contribution in [2.75, 3.05) is 41.7 Å². The number of ether oxygens (including phenoxy) is 4. The molecule has 0 aliphatic carbocycles. The maximum atomic E-state index is 11.2. The SMILES string of the molecule is COc1ccc([C@@H](O)[C@@](O)(CO)[C@H](CO)[C@@H](O)c2ccc(OC)c(OC)c2)cc1OC. The molecule has 0 radical (unpaired) electrons. The van der Waals surface area contributed by atoms with Gasteiger partial charge in [0.25, 0.3) is 0 Å². The van der Waals surface area contributed by atoms with Crippen LogP contribution < -0.4 is 18.9 Å². The Bertz CT molecular complexity index is 857. The number of hydrogen-bond acceptors (Lipinski definition) is 9. The van der Waals surface area contributed by atoms with E-state index in [1.807, 2.05) is 0 Å². The lowest BCUT2D eigenvalue weighted by atomic mass is 9.76. The van der Waals surface area contributed by atoms with Gasteiger partial charge in [-0.05, 0) is 35.4 Å². The zero-order valence-corrected chi connectivity index (χ0v) is 18.0.